The number of primary amides is 1. The van der Waals surface area contributed by atoms with Crippen LogP contribution < -0.4 is 11.5 Å². The van der Waals surface area contributed by atoms with Crippen molar-refractivity contribution in [1.82, 2.24) is 0 Å². The predicted octanol–water partition coefficient (Wildman–Crippen LogP) is -0.286. The summed E-state index contributed by atoms with van der Waals surface area (Å²) in [6, 6.07) is 0. The van der Waals surface area contributed by atoms with Crippen LogP contribution in [-0.4, -0.2) is 38.7 Å². The van der Waals surface area contributed by atoms with Gasteiger partial charge in [0.05, 0.1) is 10.8 Å². The van der Waals surface area contributed by atoms with Crippen LogP contribution in [0.4, 0.5) is 4.79 Å². The molecule has 0 unspecified atom stereocenters. The molecule has 0 aliphatic rings. The van der Waals surface area contributed by atoms with Crippen molar-refractivity contribution in [2.45, 2.75) is 19.6 Å². The third-order valence-corrected chi connectivity index (χ3v) is 0.858. The smallest absolute Gasteiger partial charge is 0.402 e. The lowest BCUT2D eigenvalue weighted by atomic mass is 10.4. The third-order valence-electron chi connectivity index (χ3n) is 0.476. The van der Waals surface area contributed by atoms with E-state index in [-0.39, 0.29) is 6.42 Å². The van der Waals surface area contributed by atoms with Crippen molar-refractivity contribution in [2.75, 3.05) is 11.0 Å². The van der Waals surface area contributed by atoms with Gasteiger partial charge >= 0.3 is 6.09 Å². The van der Waals surface area contributed by atoms with Crippen molar-refractivity contribution < 1.29 is 20.1 Å². The van der Waals surface area contributed by atoms with Gasteiger partial charge in [-0.2, -0.15) is 0 Å². The monoisotopic (exact) mass is 332 g/mol. The third kappa shape index (κ3) is 89.2. The number of carbonyl (C=O) groups is 1. The second kappa shape index (κ2) is 19.1. The molecule has 0 saturated carbocycles. The number of hydrogen-bond donors (Lipinski definition) is 5. The van der Waals surface area contributed by atoms with Crippen molar-refractivity contribution >= 4 is 28.7 Å². The van der Waals surface area contributed by atoms with Crippen molar-refractivity contribution in [3.05, 3.63) is 0 Å². The molecule has 0 heterocycles. The highest BCUT2D eigenvalue weighted by molar-refractivity contribution is 14.1. The Morgan fingerprint density at radius 1 is 1.47 bits per heavy atom. The summed E-state index contributed by atoms with van der Waals surface area (Å²) >= 11 is 2.10. The molecule has 0 aliphatic heterocycles. The first-order valence-corrected chi connectivity index (χ1v) is 5.51. The van der Waals surface area contributed by atoms with Crippen LogP contribution in [0, 0.1) is 11.8 Å². The van der Waals surface area contributed by atoms with Gasteiger partial charge in [-0.15, -0.1) is 0 Å². The summed E-state index contributed by atoms with van der Waals surface area (Å²) in [4.78, 5) is 8.78. The molecule has 7 N–H and O–H groups in total. The molecule has 6 nitrogen and oxygen atoms in total. The van der Waals surface area contributed by atoms with Crippen molar-refractivity contribution in [1.29, 1.82) is 0 Å². The number of carboxylic acid groups (broad SMARTS) is 1. The summed E-state index contributed by atoms with van der Waals surface area (Å²) in [6.45, 7) is 2.65. The minimum atomic E-state index is -1.33. The summed E-state index contributed by atoms with van der Waals surface area (Å²) in [5.41, 5.74) is 8.88. The Hall–Kier alpha value is -0.560. The number of amides is 1. The summed E-state index contributed by atoms with van der Waals surface area (Å²) in [6.07, 6.45) is -2.45. The molecule has 0 aliphatic carbocycles. The minimum absolute atomic E-state index is 0.156. The molecular weight excluding hydrogens is 315 g/mol. The Morgan fingerprint density at radius 3 is 2.00 bits per heavy atom. The van der Waals surface area contributed by atoms with Gasteiger partial charge in [-0.1, -0.05) is 41.4 Å². The summed E-state index contributed by atoms with van der Waals surface area (Å²) < 4.78 is 0.741. The Labute approximate surface area is 103 Å². The average molecular weight is 332 g/mol. The van der Waals surface area contributed by atoms with E-state index >= 15 is 0 Å². The van der Waals surface area contributed by atoms with Crippen LogP contribution in [0.5, 0.6) is 0 Å². The number of rotatable bonds is 1. The lowest BCUT2D eigenvalue weighted by Crippen LogP contribution is -2.03. The largest absolute Gasteiger partial charge is 0.465 e. The zero-order chi connectivity index (χ0) is 12.7. The van der Waals surface area contributed by atoms with Crippen LogP contribution in [0.3, 0.4) is 0 Å². The van der Waals surface area contributed by atoms with Gasteiger partial charge in [0, 0.05) is 0 Å². The zero-order valence-corrected chi connectivity index (χ0v) is 10.6. The fourth-order valence-electron chi connectivity index (χ4n) is 0.211. The van der Waals surface area contributed by atoms with Crippen LogP contribution in [-0.2, 0) is 0 Å². The molecule has 0 fully saturated rings. The van der Waals surface area contributed by atoms with Crippen LogP contribution >= 0.6 is 22.6 Å². The first-order chi connectivity index (χ1) is 6.92. The molecule has 15 heavy (non-hydrogen) atoms. The van der Waals surface area contributed by atoms with E-state index in [1.54, 1.807) is 0 Å². The van der Waals surface area contributed by atoms with E-state index in [1.807, 2.05) is 6.92 Å². The number of aliphatic hydroxyl groups is 2. The number of alkyl halides is 1. The van der Waals surface area contributed by atoms with Crippen LogP contribution in [0.25, 0.3) is 0 Å². The summed E-state index contributed by atoms with van der Waals surface area (Å²) in [5.74, 6) is 5.27. The highest BCUT2D eigenvalue weighted by Gasteiger charge is 1.88. The molecule has 90 valence electrons. The molecule has 1 amide bonds. The minimum Gasteiger partial charge on any atom is -0.465 e. The zero-order valence-electron chi connectivity index (χ0n) is 8.48. The van der Waals surface area contributed by atoms with Gasteiger partial charge < -0.3 is 26.8 Å². The second-order valence-corrected chi connectivity index (χ2v) is 2.68. The van der Waals surface area contributed by atoms with Crippen molar-refractivity contribution in [3.8, 4) is 11.8 Å². The highest BCUT2D eigenvalue weighted by Crippen LogP contribution is 1.82. The fourth-order valence-corrected chi connectivity index (χ4v) is 0.480. The molecule has 0 aromatic rings. The second-order valence-electron chi connectivity index (χ2n) is 1.92. The maximum absolute atomic E-state index is 8.78. The molecule has 0 spiro atoms. The van der Waals surface area contributed by atoms with E-state index in [4.69, 9.17) is 25.8 Å². The highest BCUT2D eigenvalue weighted by atomic mass is 127. The van der Waals surface area contributed by atoms with Gasteiger partial charge in [-0.25, -0.2) is 4.79 Å². The van der Waals surface area contributed by atoms with E-state index < -0.39 is 12.4 Å². The maximum atomic E-state index is 8.78. The average Bonchev–Trinajstić information content (AvgIpc) is 2.04. The van der Waals surface area contributed by atoms with E-state index in [0.29, 0.717) is 0 Å². The molecule has 7 heteroatoms. The number of aliphatic hydroxyl groups excluding tert-OH is 1. The van der Waals surface area contributed by atoms with Gasteiger partial charge in [-0.3, -0.25) is 0 Å². The van der Waals surface area contributed by atoms with E-state index in [1.165, 1.54) is 0 Å². The fraction of sp³-hybridized carbons (Fsp3) is 0.625. The van der Waals surface area contributed by atoms with Crippen LogP contribution in [0.15, 0.2) is 0 Å². The normalized spacial score (nSPS) is 7.33. The van der Waals surface area contributed by atoms with Gasteiger partial charge in [0.1, 0.15) is 0 Å². The quantitative estimate of drug-likeness (QED) is 0.195. The molecule has 0 saturated heterocycles. The maximum Gasteiger partial charge on any atom is 0.402 e. The molecule has 0 atom stereocenters. The van der Waals surface area contributed by atoms with Crippen LogP contribution in [0.2, 0.25) is 0 Å². The Balaban J connectivity index is -0.000000173. The number of hydrogen-bond acceptors (Lipinski definition) is 4. The lowest BCUT2D eigenvalue weighted by molar-refractivity contribution is -0.0344. The molecule has 0 aromatic carbocycles. The van der Waals surface area contributed by atoms with E-state index in [2.05, 4.69) is 40.2 Å². The Bertz CT molecular complexity index is 185. The van der Waals surface area contributed by atoms with E-state index in [9.17, 15) is 0 Å². The Kier molecular flexibility index (Phi) is 25.4. The molecule has 0 bridgehead atoms. The standard InChI is InChI=1S/C5H7IO2.C2H7N.CH3NO2/c6-4-2-1-3-5(7)8;1-2-3;2-1(3)4/h5,7-8H,3-4H2;2-3H2,1H3;2H2,(H,3,4). The molecule has 0 aromatic heterocycles. The Morgan fingerprint density at radius 2 is 1.80 bits per heavy atom. The summed E-state index contributed by atoms with van der Waals surface area (Å²) in [5, 5.41) is 23.7. The molecule has 0 radical (unpaired) electrons. The van der Waals surface area contributed by atoms with Crippen molar-refractivity contribution in [2.24, 2.45) is 11.5 Å². The van der Waals surface area contributed by atoms with Crippen molar-refractivity contribution in [3.63, 3.8) is 0 Å². The molecule has 0 rings (SSSR count). The van der Waals surface area contributed by atoms with Crippen LogP contribution in [0.1, 0.15) is 13.3 Å². The topological polar surface area (TPSA) is 130 Å². The first-order valence-electron chi connectivity index (χ1n) is 3.98. The SMILES string of the molecule is CCN.NC(=O)O.OC(O)CC#CCI. The first kappa shape index (κ1) is 19.9. The number of nitrogens with two attached hydrogens (primary N) is 2. The lowest BCUT2D eigenvalue weighted by Gasteiger charge is -1.90. The van der Waals surface area contributed by atoms with Gasteiger partial charge in [-0.05, 0) is 6.54 Å². The van der Waals surface area contributed by atoms with E-state index in [0.717, 1.165) is 11.0 Å². The van der Waals surface area contributed by atoms with Gasteiger partial charge in [0.25, 0.3) is 0 Å². The summed E-state index contributed by atoms with van der Waals surface area (Å²) in [7, 11) is 0. The molecular formula is C8H17IN2O4. The predicted molar refractivity (Wildman–Crippen MR) is 66.4 cm³/mol. The van der Waals surface area contributed by atoms with Gasteiger partial charge in [0.2, 0.25) is 0 Å². The number of halogens is 1. The van der Waals surface area contributed by atoms with Gasteiger partial charge in [0.15, 0.2) is 6.29 Å².